The highest BCUT2D eigenvalue weighted by molar-refractivity contribution is 9.09. The fourth-order valence-electron chi connectivity index (χ4n) is 5.44. The van der Waals surface area contributed by atoms with Gasteiger partial charge < -0.3 is 14.2 Å². The number of hydrogen-bond acceptors (Lipinski definition) is 4. The van der Waals surface area contributed by atoms with Crippen LogP contribution in [0, 0.1) is 6.92 Å². The third-order valence-electron chi connectivity index (χ3n) is 7.75. The highest BCUT2D eigenvalue weighted by Crippen LogP contribution is 2.45. The third-order valence-corrected chi connectivity index (χ3v) is 8.07. The van der Waals surface area contributed by atoms with Gasteiger partial charge in [0.15, 0.2) is 0 Å². The lowest BCUT2D eigenvalue weighted by Crippen LogP contribution is -2.36. The summed E-state index contributed by atoms with van der Waals surface area (Å²) in [7, 11) is 0. The Balaban J connectivity index is 0.000000314. The Labute approximate surface area is 290 Å². The van der Waals surface area contributed by atoms with Crippen molar-refractivity contribution in [2.75, 3.05) is 12.1 Å². The molecule has 0 amide bonds. The van der Waals surface area contributed by atoms with Crippen LogP contribution in [0.4, 0.5) is 39.5 Å². The van der Waals surface area contributed by atoms with Crippen LogP contribution in [0.5, 0.6) is 0 Å². The summed E-state index contributed by atoms with van der Waals surface area (Å²) in [6.07, 6.45) is -14.6. The topological polar surface area (TPSA) is 44.8 Å². The number of esters is 1. The van der Waals surface area contributed by atoms with E-state index in [1.165, 1.54) is 0 Å². The first-order valence-electron chi connectivity index (χ1n) is 14.9. The van der Waals surface area contributed by atoms with E-state index < -0.39 is 59.3 Å². The molecule has 14 heteroatoms. The number of carbonyl (C=O) groups excluding carboxylic acids is 1. The van der Waals surface area contributed by atoms with Crippen LogP contribution in [0.15, 0.2) is 97.1 Å². The molecular formula is C36H30BrF9O4. The van der Waals surface area contributed by atoms with Gasteiger partial charge in [0.1, 0.15) is 17.0 Å². The average Bonchev–Trinajstić information content (AvgIpc) is 3.40. The lowest BCUT2D eigenvalue weighted by molar-refractivity contribution is -0.147. The minimum Gasteiger partial charge on any atom is -0.457 e. The molecule has 1 unspecified atom stereocenters. The van der Waals surface area contributed by atoms with Gasteiger partial charge in [-0.3, -0.25) is 4.79 Å². The first-order valence-corrected chi connectivity index (χ1v) is 16.0. The Morgan fingerprint density at radius 3 is 1.70 bits per heavy atom. The molecule has 2 atom stereocenters. The van der Waals surface area contributed by atoms with E-state index in [0.717, 1.165) is 17.7 Å². The molecule has 0 aliphatic carbocycles. The summed E-state index contributed by atoms with van der Waals surface area (Å²) in [5.41, 5.74) is -2.27. The SMILES string of the molecule is Cc1cc(COCBr)cc(C(F)(F)F)c1.O=C1OC(c2ccccc2)C[C@]1(COCc1cc(C(F)(F)F)cc(C(F)(F)F)c1)c1ccccc1. The number of rotatable bonds is 9. The molecule has 0 saturated carbocycles. The Bertz CT molecular complexity index is 1690. The number of cyclic esters (lactones) is 1. The van der Waals surface area contributed by atoms with Crippen molar-refractivity contribution in [2.45, 2.75) is 56.6 Å². The highest BCUT2D eigenvalue weighted by Gasteiger charge is 2.51. The van der Waals surface area contributed by atoms with Crippen molar-refractivity contribution in [3.63, 3.8) is 0 Å². The highest BCUT2D eigenvalue weighted by atomic mass is 79.9. The summed E-state index contributed by atoms with van der Waals surface area (Å²) in [5.74, 6) is -0.572. The van der Waals surface area contributed by atoms with E-state index in [1.807, 2.05) is 6.07 Å². The molecule has 1 heterocycles. The molecular weight excluding hydrogens is 747 g/mol. The van der Waals surface area contributed by atoms with E-state index >= 15 is 0 Å². The number of hydrogen-bond donors (Lipinski definition) is 0. The lowest BCUT2D eigenvalue weighted by atomic mass is 9.78. The molecule has 50 heavy (non-hydrogen) atoms. The van der Waals surface area contributed by atoms with Crippen LogP contribution < -0.4 is 0 Å². The normalized spacial score (nSPS) is 18.0. The van der Waals surface area contributed by atoms with Gasteiger partial charge in [0.25, 0.3) is 0 Å². The largest absolute Gasteiger partial charge is 0.457 e. The number of ether oxygens (including phenoxy) is 3. The van der Waals surface area contributed by atoms with Crippen molar-refractivity contribution in [1.82, 2.24) is 0 Å². The number of carbonyl (C=O) groups is 1. The first kappa shape index (κ1) is 38.9. The summed E-state index contributed by atoms with van der Waals surface area (Å²) < 4.78 is 133. The second-order valence-corrected chi connectivity index (χ2v) is 12.0. The molecule has 1 saturated heterocycles. The summed E-state index contributed by atoms with van der Waals surface area (Å²) in [5, 5.41) is 0. The van der Waals surface area contributed by atoms with Crippen LogP contribution in [-0.2, 0) is 56.2 Å². The zero-order chi connectivity index (χ0) is 36.7. The standard InChI is InChI=1S/C26H20F6O3.C10H10BrF3O/c27-25(28,29)20-11-17(12-21(13-20)26(30,31)32)15-34-16-24(19-9-5-2-6-10-19)14-22(35-23(24)33)18-7-3-1-4-8-18;1-7-2-8(5-15-6-11)4-9(3-7)10(12,13)14/h1-13,22H,14-16H2;2-4H,5-6H2,1H3/t22?,24-;/m0./s1. The maximum atomic E-state index is 13.2. The van der Waals surface area contributed by atoms with Gasteiger partial charge in [-0.2, -0.15) is 39.5 Å². The number of benzene rings is 4. The molecule has 0 aromatic heterocycles. The van der Waals surface area contributed by atoms with Gasteiger partial charge in [-0.1, -0.05) is 88.2 Å². The van der Waals surface area contributed by atoms with E-state index in [9.17, 15) is 44.3 Å². The Morgan fingerprint density at radius 2 is 1.18 bits per heavy atom. The summed E-state index contributed by atoms with van der Waals surface area (Å²) in [4.78, 5) is 13.1. The van der Waals surface area contributed by atoms with Crippen LogP contribution in [-0.4, -0.2) is 18.1 Å². The summed E-state index contributed by atoms with van der Waals surface area (Å²) in [6.45, 7) is 0.977. The molecule has 1 fully saturated rings. The fraction of sp³-hybridized carbons (Fsp3) is 0.306. The van der Waals surface area contributed by atoms with Crippen LogP contribution in [0.3, 0.4) is 0 Å². The van der Waals surface area contributed by atoms with Gasteiger partial charge in [0, 0.05) is 6.42 Å². The second kappa shape index (κ2) is 16.0. The number of alkyl halides is 10. The van der Waals surface area contributed by atoms with Gasteiger partial charge in [-0.05, 0) is 59.5 Å². The van der Waals surface area contributed by atoms with Gasteiger partial charge in [0.05, 0.1) is 36.5 Å². The molecule has 0 N–H and O–H groups in total. The minimum atomic E-state index is -4.96. The van der Waals surface area contributed by atoms with E-state index in [1.54, 1.807) is 67.6 Å². The van der Waals surface area contributed by atoms with E-state index in [-0.39, 0.29) is 31.3 Å². The molecule has 1 aliphatic heterocycles. The predicted octanol–water partition coefficient (Wildman–Crippen LogP) is 10.7. The molecule has 0 radical (unpaired) electrons. The van der Waals surface area contributed by atoms with Gasteiger partial charge in [0.2, 0.25) is 0 Å². The van der Waals surface area contributed by atoms with E-state index in [4.69, 9.17) is 14.2 Å². The number of halogens is 10. The maximum Gasteiger partial charge on any atom is 0.416 e. The predicted molar refractivity (Wildman–Crippen MR) is 169 cm³/mol. The van der Waals surface area contributed by atoms with Crippen molar-refractivity contribution in [3.8, 4) is 0 Å². The maximum absolute atomic E-state index is 13.2. The number of aryl methyl sites for hydroxylation is 1. The molecule has 5 rings (SSSR count). The zero-order valence-corrected chi connectivity index (χ0v) is 27.8. The molecule has 0 spiro atoms. The first-order chi connectivity index (χ1) is 23.4. The monoisotopic (exact) mass is 776 g/mol. The van der Waals surface area contributed by atoms with Crippen LogP contribution in [0.1, 0.15) is 57.0 Å². The molecule has 0 bridgehead atoms. The quantitative estimate of drug-likeness (QED) is 0.0965. The molecule has 4 aromatic carbocycles. The summed E-state index contributed by atoms with van der Waals surface area (Å²) >= 11 is 3.04. The second-order valence-electron chi connectivity index (χ2n) is 11.5. The van der Waals surface area contributed by atoms with Crippen LogP contribution in [0.2, 0.25) is 0 Å². The van der Waals surface area contributed by atoms with Crippen LogP contribution >= 0.6 is 15.9 Å². The fourth-order valence-corrected chi connectivity index (χ4v) is 5.60. The Morgan fingerprint density at radius 1 is 0.700 bits per heavy atom. The minimum absolute atomic E-state index is 0.0632. The van der Waals surface area contributed by atoms with Gasteiger partial charge >= 0.3 is 24.5 Å². The van der Waals surface area contributed by atoms with Crippen LogP contribution in [0.25, 0.3) is 0 Å². The Hall–Kier alpha value is -3.88. The van der Waals surface area contributed by atoms with E-state index in [2.05, 4.69) is 15.9 Å². The third kappa shape index (κ3) is 10.1. The average molecular weight is 778 g/mol. The van der Waals surface area contributed by atoms with Crippen molar-refractivity contribution in [3.05, 3.63) is 142 Å². The van der Waals surface area contributed by atoms with Crippen molar-refractivity contribution >= 4 is 21.9 Å². The van der Waals surface area contributed by atoms with Crippen molar-refractivity contribution in [1.29, 1.82) is 0 Å². The Kier molecular flexibility index (Phi) is 12.4. The zero-order valence-electron chi connectivity index (χ0n) is 26.3. The molecule has 4 aromatic rings. The van der Waals surface area contributed by atoms with Gasteiger partial charge in [-0.15, -0.1) is 0 Å². The molecule has 1 aliphatic rings. The molecule has 268 valence electrons. The van der Waals surface area contributed by atoms with Crippen molar-refractivity contribution < 1.29 is 58.5 Å². The summed E-state index contributed by atoms with van der Waals surface area (Å²) in [6, 6.07) is 22.9. The smallest absolute Gasteiger partial charge is 0.416 e. The van der Waals surface area contributed by atoms with Gasteiger partial charge in [-0.25, -0.2) is 0 Å². The molecule has 4 nitrogen and oxygen atoms in total. The van der Waals surface area contributed by atoms with E-state index in [0.29, 0.717) is 34.3 Å². The lowest BCUT2D eigenvalue weighted by Gasteiger charge is -2.25. The van der Waals surface area contributed by atoms with Crippen molar-refractivity contribution in [2.24, 2.45) is 0 Å².